The Labute approximate surface area is 35.1 Å². The van der Waals surface area contributed by atoms with Crippen LogP contribution in [0.25, 0.3) is 0 Å². The van der Waals surface area contributed by atoms with Gasteiger partial charge in [-0.1, -0.05) is 0 Å². The van der Waals surface area contributed by atoms with Gasteiger partial charge in [0.25, 0.3) is 0 Å². The molecule has 0 aromatic heterocycles. The lowest BCUT2D eigenvalue weighted by Crippen LogP contribution is -2.22. The van der Waals surface area contributed by atoms with Gasteiger partial charge in [-0.05, 0) is 6.92 Å². The highest BCUT2D eigenvalue weighted by molar-refractivity contribution is 5.73. The zero-order valence-electron chi connectivity index (χ0n) is 3.44. The molecule has 0 aromatic rings. The summed E-state index contributed by atoms with van der Waals surface area (Å²) in [6.07, 6.45) is 0. The molecule has 2 nitrogen and oxygen atoms in total. The predicted octanol–water partition coefficient (Wildman–Crippen LogP) is -0.170. The van der Waals surface area contributed by atoms with E-state index < -0.39 is 12.1 Å². The van der Waals surface area contributed by atoms with E-state index in [1.54, 1.807) is 0 Å². The Bertz CT molecular complexity index is 61.8. The van der Waals surface area contributed by atoms with Gasteiger partial charge in [0.1, 0.15) is 0 Å². The monoisotopic (exact) mass is 91.0 g/mol. The summed E-state index contributed by atoms with van der Waals surface area (Å²) in [7, 11) is 0. The van der Waals surface area contributed by atoms with Crippen molar-refractivity contribution in [3.63, 3.8) is 0 Å². The van der Waals surface area contributed by atoms with Crippen molar-refractivity contribution in [1.82, 2.24) is 0 Å². The van der Waals surface area contributed by atoms with Crippen LogP contribution >= 0.6 is 0 Å². The van der Waals surface area contributed by atoms with E-state index in [-0.39, 0.29) is 0 Å². The van der Waals surface area contributed by atoms with Crippen LogP contribution in [0.4, 0.5) is 4.39 Å². The van der Waals surface area contributed by atoms with Crippen LogP contribution in [0.2, 0.25) is 0 Å². The third-order valence-corrected chi connectivity index (χ3v) is 0.358. The second-order valence-corrected chi connectivity index (χ2v) is 1.09. The minimum Gasteiger partial charge on any atom is -0.319 e. The SMILES string of the molecule is C[C@@H](N)C(=O)F. The molecule has 0 fully saturated rings. The van der Waals surface area contributed by atoms with Crippen molar-refractivity contribution < 1.29 is 9.18 Å². The molecule has 0 aromatic carbocycles. The summed E-state index contributed by atoms with van der Waals surface area (Å²) in [5.74, 6) is 0. The van der Waals surface area contributed by atoms with E-state index in [2.05, 4.69) is 0 Å². The second-order valence-electron chi connectivity index (χ2n) is 1.09. The van der Waals surface area contributed by atoms with Crippen LogP contribution in [0.15, 0.2) is 0 Å². The van der Waals surface area contributed by atoms with Crippen molar-refractivity contribution in [2.24, 2.45) is 5.73 Å². The Morgan fingerprint density at radius 2 is 2.17 bits per heavy atom. The Balaban J connectivity index is 3.26. The molecule has 3 heteroatoms. The van der Waals surface area contributed by atoms with Crippen LogP contribution in [-0.2, 0) is 4.79 Å². The first kappa shape index (κ1) is 5.56. The van der Waals surface area contributed by atoms with Gasteiger partial charge in [0.2, 0.25) is 0 Å². The van der Waals surface area contributed by atoms with Gasteiger partial charge < -0.3 is 5.73 Å². The smallest absolute Gasteiger partial charge is 0.317 e. The third-order valence-electron chi connectivity index (χ3n) is 0.358. The fraction of sp³-hybridized carbons (Fsp3) is 0.667. The van der Waals surface area contributed by atoms with Gasteiger partial charge >= 0.3 is 6.04 Å². The fourth-order valence-electron chi connectivity index (χ4n) is 0. The lowest BCUT2D eigenvalue weighted by Gasteiger charge is -1.87. The van der Waals surface area contributed by atoms with Crippen molar-refractivity contribution >= 4 is 6.04 Å². The van der Waals surface area contributed by atoms with Gasteiger partial charge in [0.05, 0.1) is 6.04 Å². The van der Waals surface area contributed by atoms with Crippen LogP contribution in [0.1, 0.15) is 6.92 Å². The largest absolute Gasteiger partial charge is 0.319 e. The van der Waals surface area contributed by atoms with E-state index in [4.69, 9.17) is 5.73 Å². The van der Waals surface area contributed by atoms with Crippen LogP contribution in [-0.4, -0.2) is 12.1 Å². The van der Waals surface area contributed by atoms with E-state index in [9.17, 15) is 9.18 Å². The third kappa shape index (κ3) is 1.84. The molecule has 0 rings (SSSR count). The predicted molar refractivity (Wildman–Crippen MR) is 19.8 cm³/mol. The molecule has 1 atom stereocenters. The fourth-order valence-corrected chi connectivity index (χ4v) is 0. The van der Waals surface area contributed by atoms with E-state index in [1.165, 1.54) is 6.92 Å². The van der Waals surface area contributed by atoms with Gasteiger partial charge in [0, 0.05) is 0 Å². The Hall–Kier alpha value is -0.440. The highest BCUT2D eigenvalue weighted by Crippen LogP contribution is 1.76. The molecule has 0 aliphatic carbocycles. The molecule has 36 valence electrons. The Morgan fingerprint density at radius 3 is 2.17 bits per heavy atom. The summed E-state index contributed by atoms with van der Waals surface area (Å²) in [5.41, 5.74) is 4.71. The van der Waals surface area contributed by atoms with Gasteiger partial charge in [-0.3, -0.25) is 4.79 Å². The van der Waals surface area contributed by atoms with Gasteiger partial charge in [0.15, 0.2) is 0 Å². The minimum atomic E-state index is -1.46. The average Bonchev–Trinajstić information content (AvgIpc) is 1.36. The molecule has 0 heterocycles. The number of halogens is 1. The molecule has 0 saturated carbocycles. The van der Waals surface area contributed by atoms with Crippen molar-refractivity contribution in [3.8, 4) is 0 Å². The maximum Gasteiger partial charge on any atom is 0.317 e. The first-order valence-electron chi connectivity index (χ1n) is 1.59. The molecule has 0 radical (unpaired) electrons. The zero-order valence-corrected chi connectivity index (χ0v) is 3.44. The second kappa shape index (κ2) is 1.87. The molecule has 0 saturated heterocycles. The first-order valence-corrected chi connectivity index (χ1v) is 1.59. The molecule has 0 aliphatic heterocycles. The van der Waals surface area contributed by atoms with E-state index in [0.29, 0.717) is 0 Å². The maximum atomic E-state index is 11.1. The molecule has 0 amide bonds. The zero-order chi connectivity index (χ0) is 5.15. The van der Waals surface area contributed by atoms with Crippen LogP contribution < -0.4 is 5.73 Å². The topological polar surface area (TPSA) is 43.1 Å². The summed E-state index contributed by atoms with van der Waals surface area (Å²) in [4.78, 5) is 9.35. The molecular formula is C3H6FNO. The number of carbonyl (C=O) groups is 1. The van der Waals surface area contributed by atoms with Gasteiger partial charge in [-0.2, -0.15) is 4.39 Å². The summed E-state index contributed by atoms with van der Waals surface area (Å²) in [6, 6.07) is -2.42. The average molecular weight is 91.1 g/mol. The van der Waals surface area contributed by atoms with Crippen molar-refractivity contribution in [1.29, 1.82) is 0 Å². The van der Waals surface area contributed by atoms with Gasteiger partial charge in [-0.15, -0.1) is 0 Å². The number of hydrogen-bond acceptors (Lipinski definition) is 2. The number of rotatable bonds is 1. The summed E-state index contributed by atoms with van der Waals surface area (Å²) in [6.45, 7) is 1.29. The van der Waals surface area contributed by atoms with E-state index in [1.807, 2.05) is 0 Å². The summed E-state index contributed by atoms with van der Waals surface area (Å²) >= 11 is 0. The highest BCUT2D eigenvalue weighted by Gasteiger charge is 2.01. The Morgan fingerprint density at radius 1 is 2.00 bits per heavy atom. The summed E-state index contributed by atoms with van der Waals surface area (Å²) in [5, 5.41) is 0. The highest BCUT2D eigenvalue weighted by atomic mass is 19.1. The van der Waals surface area contributed by atoms with E-state index in [0.717, 1.165) is 0 Å². The van der Waals surface area contributed by atoms with Crippen molar-refractivity contribution in [3.05, 3.63) is 0 Å². The minimum absolute atomic E-state index is 0.954. The number of carbonyl (C=O) groups excluding carboxylic acids is 1. The van der Waals surface area contributed by atoms with Crippen LogP contribution in [0.3, 0.4) is 0 Å². The molecule has 0 bridgehead atoms. The van der Waals surface area contributed by atoms with Crippen molar-refractivity contribution in [2.75, 3.05) is 0 Å². The molecule has 6 heavy (non-hydrogen) atoms. The maximum absolute atomic E-state index is 11.1. The molecular weight excluding hydrogens is 85.0 g/mol. The summed E-state index contributed by atoms with van der Waals surface area (Å²) < 4.78 is 11.1. The van der Waals surface area contributed by atoms with Gasteiger partial charge in [-0.25, -0.2) is 0 Å². The van der Waals surface area contributed by atoms with Crippen LogP contribution in [0.5, 0.6) is 0 Å². The number of nitrogens with two attached hydrogens (primary N) is 1. The lowest BCUT2D eigenvalue weighted by atomic mass is 10.4. The normalized spacial score (nSPS) is 13.8. The molecule has 0 spiro atoms. The quantitative estimate of drug-likeness (QED) is 0.455. The molecule has 0 unspecified atom stereocenters. The lowest BCUT2D eigenvalue weighted by molar-refractivity contribution is -0.130. The number of hydrogen-bond donors (Lipinski definition) is 1. The Kier molecular flexibility index (Phi) is 1.73. The standard InChI is InChI=1S/C3H6FNO/c1-2(5)3(4)6/h2H,5H2,1H3/t2-/m1/s1. The molecule has 0 aliphatic rings. The van der Waals surface area contributed by atoms with E-state index >= 15 is 0 Å². The van der Waals surface area contributed by atoms with Crippen LogP contribution in [0, 0.1) is 0 Å². The first-order chi connectivity index (χ1) is 2.64. The molecule has 2 N–H and O–H groups in total. The van der Waals surface area contributed by atoms with Crippen molar-refractivity contribution in [2.45, 2.75) is 13.0 Å².